The third-order valence-electron chi connectivity index (χ3n) is 3.75. The zero-order valence-corrected chi connectivity index (χ0v) is 11.1. The number of ether oxygens (including phenoxy) is 1. The lowest BCUT2D eigenvalue weighted by molar-refractivity contribution is 0.415. The van der Waals surface area contributed by atoms with Crippen molar-refractivity contribution < 1.29 is 4.74 Å². The molecule has 0 N–H and O–H groups in total. The molecule has 2 heteroatoms. The topological polar surface area (TPSA) is 9.23 Å². The number of benzene rings is 1. The van der Waals surface area contributed by atoms with Gasteiger partial charge in [-0.3, -0.25) is 0 Å². The van der Waals surface area contributed by atoms with Crippen molar-refractivity contribution in [2.75, 3.05) is 7.11 Å². The summed E-state index contributed by atoms with van der Waals surface area (Å²) in [7, 11) is 1.73. The van der Waals surface area contributed by atoms with Crippen molar-refractivity contribution in [1.29, 1.82) is 0 Å². The lowest BCUT2D eigenvalue weighted by Gasteiger charge is -2.19. The van der Waals surface area contributed by atoms with E-state index in [1.165, 1.54) is 42.2 Å². The van der Waals surface area contributed by atoms with Gasteiger partial charge in [-0.05, 0) is 48.4 Å². The first-order valence-electron chi connectivity index (χ1n) is 6.44. The molecule has 2 aromatic rings. The molecule has 1 nitrogen and oxygen atoms in total. The molecule has 1 saturated carbocycles. The number of fused-ring (bicyclic) bond motifs is 1. The number of hydrogen-bond donors (Lipinski definition) is 0. The molecule has 1 aromatic heterocycles. The van der Waals surface area contributed by atoms with Crippen molar-refractivity contribution in [2.45, 2.75) is 38.0 Å². The van der Waals surface area contributed by atoms with Gasteiger partial charge in [-0.2, -0.15) is 0 Å². The molecule has 1 aliphatic carbocycles. The minimum Gasteiger partial charge on any atom is -0.497 e. The van der Waals surface area contributed by atoms with Gasteiger partial charge >= 0.3 is 0 Å². The zero-order chi connectivity index (χ0) is 11.7. The summed E-state index contributed by atoms with van der Waals surface area (Å²) in [5, 5.41) is 1.34. The van der Waals surface area contributed by atoms with Crippen molar-refractivity contribution >= 4 is 21.4 Å². The average molecular weight is 246 g/mol. The maximum atomic E-state index is 5.28. The first kappa shape index (κ1) is 11.1. The Kier molecular flexibility index (Phi) is 3.06. The van der Waals surface area contributed by atoms with Gasteiger partial charge in [0.15, 0.2) is 0 Å². The number of hydrogen-bond acceptors (Lipinski definition) is 2. The lowest BCUT2D eigenvalue weighted by atomic mass is 9.88. The third kappa shape index (κ3) is 2.19. The average Bonchev–Trinajstić information content (AvgIpc) is 2.82. The molecule has 0 aliphatic heterocycles. The summed E-state index contributed by atoms with van der Waals surface area (Å²) in [5.41, 5.74) is 0. The van der Waals surface area contributed by atoms with E-state index in [4.69, 9.17) is 4.74 Å². The highest BCUT2D eigenvalue weighted by atomic mass is 32.1. The van der Waals surface area contributed by atoms with E-state index in [9.17, 15) is 0 Å². The second-order valence-corrected chi connectivity index (χ2v) is 6.00. The fourth-order valence-electron chi connectivity index (χ4n) is 2.76. The van der Waals surface area contributed by atoms with E-state index >= 15 is 0 Å². The maximum Gasteiger partial charge on any atom is 0.119 e. The van der Waals surface area contributed by atoms with Gasteiger partial charge in [0.2, 0.25) is 0 Å². The Balaban J connectivity index is 1.95. The molecule has 17 heavy (non-hydrogen) atoms. The minimum atomic E-state index is 0.812. The summed E-state index contributed by atoms with van der Waals surface area (Å²) in [5.74, 6) is 1.78. The predicted molar refractivity (Wildman–Crippen MR) is 74.2 cm³/mol. The monoisotopic (exact) mass is 246 g/mol. The molecular formula is C15H18OS. The van der Waals surface area contributed by atoms with Crippen LogP contribution < -0.4 is 4.74 Å². The van der Waals surface area contributed by atoms with Gasteiger partial charge in [-0.1, -0.05) is 19.3 Å². The molecule has 1 heterocycles. The molecule has 0 radical (unpaired) electrons. The van der Waals surface area contributed by atoms with Crippen LogP contribution in [0.5, 0.6) is 5.75 Å². The number of thiophene rings is 1. The van der Waals surface area contributed by atoms with Gasteiger partial charge < -0.3 is 4.74 Å². The van der Waals surface area contributed by atoms with E-state index in [-0.39, 0.29) is 0 Å². The van der Waals surface area contributed by atoms with Crippen LogP contribution in [0.25, 0.3) is 10.1 Å². The number of rotatable bonds is 2. The van der Waals surface area contributed by atoms with Crippen molar-refractivity contribution in [3.63, 3.8) is 0 Å². The molecule has 3 rings (SSSR count). The highest BCUT2D eigenvalue weighted by molar-refractivity contribution is 7.19. The Labute approximate surface area is 106 Å². The molecule has 0 bridgehead atoms. The Morgan fingerprint density at radius 1 is 1.12 bits per heavy atom. The van der Waals surface area contributed by atoms with Crippen LogP contribution in [0.15, 0.2) is 24.3 Å². The van der Waals surface area contributed by atoms with Crippen LogP contribution in [-0.2, 0) is 0 Å². The normalized spacial score (nSPS) is 17.5. The van der Waals surface area contributed by atoms with Gasteiger partial charge in [-0.25, -0.2) is 0 Å². The quantitative estimate of drug-likeness (QED) is 0.728. The van der Waals surface area contributed by atoms with Gasteiger partial charge in [-0.15, -0.1) is 11.3 Å². The maximum absolute atomic E-state index is 5.28. The van der Waals surface area contributed by atoms with E-state index in [0.717, 1.165) is 11.7 Å². The van der Waals surface area contributed by atoms with Crippen LogP contribution in [0, 0.1) is 0 Å². The van der Waals surface area contributed by atoms with Crippen molar-refractivity contribution in [2.24, 2.45) is 0 Å². The van der Waals surface area contributed by atoms with E-state index in [0.29, 0.717) is 0 Å². The van der Waals surface area contributed by atoms with Crippen LogP contribution in [0.4, 0.5) is 0 Å². The summed E-state index contributed by atoms with van der Waals surface area (Å²) in [6.45, 7) is 0. The second-order valence-electron chi connectivity index (χ2n) is 4.89. The van der Waals surface area contributed by atoms with Gasteiger partial charge in [0.05, 0.1) is 7.11 Å². The second kappa shape index (κ2) is 4.69. The Morgan fingerprint density at radius 3 is 2.71 bits per heavy atom. The first-order valence-corrected chi connectivity index (χ1v) is 7.26. The molecule has 0 saturated heterocycles. The summed E-state index contributed by atoms with van der Waals surface area (Å²) in [4.78, 5) is 1.58. The highest BCUT2D eigenvalue weighted by Gasteiger charge is 2.17. The molecule has 1 aromatic carbocycles. The molecule has 90 valence electrons. The number of methoxy groups -OCH3 is 1. The minimum absolute atomic E-state index is 0.812. The Hall–Kier alpha value is -1.02. The summed E-state index contributed by atoms with van der Waals surface area (Å²) in [6, 6.07) is 8.77. The van der Waals surface area contributed by atoms with Crippen LogP contribution >= 0.6 is 11.3 Å². The van der Waals surface area contributed by atoms with Crippen LogP contribution in [0.2, 0.25) is 0 Å². The molecule has 0 atom stereocenters. The van der Waals surface area contributed by atoms with Crippen molar-refractivity contribution in [3.8, 4) is 5.75 Å². The highest BCUT2D eigenvalue weighted by Crippen LogP contribution is 2.39. The van der Waals surface area contributed by atoms with Crippen molar-refractivity contribution in [3.05, 3.63) is 29.1 Å². The standard InChI is InChI=1S/C15H18OS/c1-16-13-7-8-14-12(9-13)10-15(17-14)11-5-3-2-4-6-11/h7-11H,2-6H2,1H3. The lowest BCUT2D eigenvalue weighted by Crippen LogP contribution is -2.02. The van der Waals surface area contributed by atoms with Gasteiger partial charge in [0.25, 0.3) is 0 Å². The Bertz CT molecular complexity index is 509. The van der Waals surface area contributed by atoms with E-state index < -0.39 is 0 Å². The summed E-state index contributed by atoms with van der Waals surface area (Å²) >= 11 is 1.97. The molecule has 1 fully saturated rings. The van der Waals surface area contributed by atoms with Crippen LogP contribution in [0.3, 0.4) is 0 Å². The molecule has 0 unspecified atom stereocenters. The van der Waals surface area contributed by atoms with Crippen LogP contribution in [0.1, 0.15) is 42.9 Å². The molecular weight excluding hydrogens is 228 g/mol. The summed E-state index contributed by atoms with van der Waals surface area (Å²) in [6.07, 6.45) is 6.99. The molecule has 1 aliphatic rings. The zero-order valence-electron chi connectivity index (χ0n) is 10.2. The summed E-state index contributed by atoms with van der Waals surface area (Å²) < 4.78 is 6.68. The predicted octanol–water partition coefficient (Wildman–Crippen LogP) is 4.96. The largest absolute Gasteiger partial charge is 0.497 e. The molecule has 0 spiro atoms. The van der Waals surface area contributed by atoms with E-state index in [1.54, 1.807) is 12.0 Å². The fourth-order valence-corrected chi connectivity index (χ4v) is 3.97. The van der Waals surface area contributed by atoms with E-state index in [2.05, 4.69) is 24.3 Å². The SMILES string of the molecule is COc1ccc2sc(C3CCCCC3)cc2c1. The smallest absolute Gasteiger partial charge is 0.119 e. The fraction of sp³-hybridized carbons (Fsp3) is 0.467. The third-order valence-corrected chi connectivity index (χ3v) is 5.03. The Morgan fingerprint density at radius 2 is 1.94 bits per heavy atom. The van der Waals surface area contributed by atoms with Gasteiger partial charge in [0.1, 0.15) is 5.75 Å². The van der Waals surface area contributed by atoms with Crippen molar-refractivity contribution in [1.82, 2.24) is 0 Å². The first-order chi connectivity index (χ1) is 8.36. The van der Waals surface area contributed by atoms with Gasteiger partial charge in [0, 0.05) is 9.58 Å². The molecule has 0 amide bonds. The van der Waals surface area contributed by atoms with Crippen LogP contribution in [-0.4, -0.2) is 7.11 Å². The van der Waals surface area contributed by atoms with E-state index in [1.807, 2.05) is 11.3 Å².